The van der Waals surface area contributed by atoms with E-state index in [0.717, 1.165) is 19.3 Å². The summed E-state index contributed by atoms with van der Waals surface area (Å²) in [5.41, 5.74) is 0.429. The molecule has 0 spiro atoms. The van der Waals surface area contributed by atoms with Crippen molar-refractivity contribution in [1.82, 2.24) is 0 Å². The third-order valence-electron chi connectivity index (χ3n) is 4.04. The van der Waals surface area contributed by atoms with E-state index in [-0.39, 0.29) is 10.1 Å². The molecule has 1 aromatic heterocycles. The van der Waals surface area contributed by atoms with Gasteiger partial charge in [0.25, 0.3) is 0 Å². The Morgan fingerprint density at radius 1 is 1.20 bits per heavy atom. The molecule has 20 heavy (non-hydrogen) atoms. The maximum atomic E-state index is 13.4. The molecule has 1 aliphatic rings. The minimum Gasteiger partial charge on any atom is -0.460 e. The van der Waals surface area contributed by atoms with Crippen LogP contribution in [-0.4, -0.2) is 13.7 Å². The van der Waals surface area contributed by atoms with E-state index in [1.54, 1.807) is 6.92 Å². The lowest BCUT2D eigenvalue weighted by Crippen LogP contribution is -2.24. The Morgan fingerprint density at radius 2 is 1.90 bits per heavy atom. The Hall–Kier alpha value is -1.36. The van der Waals surface area contributed by atoms with Crippen LogP contribution < -0.4 is 0 Å². The number of fused-ring (bicyclic) bond motifs is 1. The van der Waals surface area contributed by atoms with E-state index in [9.17, 15) is 12.8 Å². The van der Waals surface area contributed by atoms with E-state index in [4.69, 9.17) is 4.42 Å². The molecule has 0 amide bonds. The molecule has 0 unspecified atom stereocenters. The Kier molecular flexibility index (Phi) is 3.32. The fraction of sp³-hybridized carbons (Fsp3) is 0.467. The fourth-order valence-electron chi connectivity index (χ4n) is 3.07. The van der Waals surface area contributed by atoms with Crippen LogP contribution in [-0.2, 0) is 9.84 Å². The van der Waals surface area contributed by atoms with Crippen molar-refractivity contribution >= 4 is 20.8 Å². The van der Waals surface area contributed by atoms with E-state index in [1.165, 1.54) is 18.2 Å². The Bertz CT molecular complexity index is 740. The van der Waals surface area contributed by atoms with Crippen molar-refractivity contribution in [3.05, 3.63) is 29.8 Å². The highest BCUT2D eigenvalue weighted by Crippen LogP contribution is 2.36. The van der Waals surface area contributed by atoms with Gasteiger partial charge in [0.15, 0.2) is 9.84 Å². The van der Waals surface area contributed by atoms with Crippen molar-refractivity contribution in [3.8, 4) is 0 Å². The van der Waals surface area contributed by atoms with Crippen LogP contribution in [0.2, 0.25) is 0 Å². The van der Waals surface area contributed by atoms with E-state index in [0.29, 0.717) is 29.6 Å². The van der Waals surface area contributed by atoms with Crippen LogP contribution >= 0.6 is 0 Å². The van der Waals surface area contributed by atoms with Crippen molar-refractivity contribution < 1.29 is 17.2 Å². The Labute approximate surface area is 117 Å². The van der Waals surface area contributed by atoms with Gasteiger partial charge in [-0.25, -0.2) is 12.8 Å². The molecule has 3 rings (SSSR count). The fourth-order valence-corrected chi connectivity index (χ4v) is 5.26. The van der Waals surface area contributed by atoms with Crippen LogP contribution in [0.3, 0.4) is 0 Å². The summed E-state index contributed by atoms with van der Waals surface area (Å²) in [6.07, 6.45) is 4.33. The first-order valence-corrected chi connectivity index (χ1v) is 8.47. The quantitative estimate of drug-likeness (QED) is 0.842. The van der Waals surface area contributed by atoms with Gasteiger partial charge in [-0.3, -0.25) is 0 Å². The van der Waals surface area contributed by atoms with Crippen molar-refractivity contribution in [2.24, 2.45) is 0 Å². The van der Waals surface area contributed by atoms with E-state index in [1.807, 2.05) is 0 Å². The number of aryl methyl sites for hydroxylation is 1. The smallest absolute Gasteiger partial charge is 0.185 e. The number of rotatable bonds is 2. The second-order valence-corrected chi connectivity index (χ2v) is 7.60. The highest BCUT2D eigenvalue weighted by atomic mass is 32.2. The summed E-state index contributed by atoms with van der Waals surface area (Å²) in [5, 5.41) is 0.00657. The van der Waals surface area contributed by atoms with E-state index in [2.05, 4.69) is 0 Å². The summed E-state index contributed by atoms with van der Waals surface area (Å²) in [7, 11) is -3.45. The van der Waals surface area contributed by atoms with Crippen molar-refractivity contribution in [2.75, 3.05) is 0 Å². The van der Waals surface area contributed by atoms with Gasteiger partial charge in [-0.05, 0) is 38.0 Å². The van der Waals surface area contributed by atoms with Crippen LogP contribution in [0.15, 0.2) is 27.5 Å². The first-order chi connectivity index (χ1) is 9.50. The lowest BCUT2D eigenvalue weighted by atomic mass is 10.0. The topological polar surface area (TPSA) is 47.3 Å². The molecule has 0 atom stereocenters. The predicted molar refractivity (Wildman–Crippen MR) is 75.0 cm³/mol. The summed E-state index contributed by atoms with van der Waals surface area (Å²) < 4.78 is 44.5. The molecule has 1 heterocycles. The zero-order chi connectivity index (χ0) is 14.3. The molecule has 0 saturated heterocycles. The summed E-state index contributed by atoms with van der Waals surface area (Å²) in [6, 6.07) is 4.02. The Morgan fingerprint density at radius 3 is 2.60 bits per heavy atom. The SMILES string of the molecule is Cc1oc2ccc(F)cc2c1S(=O)(=O)C1CCCCC1. The van der Waals surface area contributed by atoms with Crippen LogP contribution in [0.5, 0.6) is 0 Å². The minimum absolute atomic E-state index is 0.180. The van der Waals surface area contributed by atoms with Gasteiger partial charge in [0.05, 0.1) is 5.25 Å². The maximum absolute atomic E-state index is 13.4. The minimum atomic E-state index is -3.45. The van der Waals surface area contributed by atoms with Gasteiger partial charge < -0.3 is 4.42 Å². The third-order valence-corrected chi connectivity index (χ3v) is 6.47. The molecule has 0 aliphatic heterocycles. The van der Waals surface area contributed by atoms with Crippen molar-refractivity contribution in [2.45, 2.75) is 49.2 Å². The lowest BCUT2D eigenvalue weighted by Gasteiger charge is -2.21. The molecule has 1 aliphatic carbocycles. The lowest BCUT2D eigenvalue weighted by molar-refractivity contribution is 0.481. The van der Waals surface area contributed by atoms with Gasteiger partial charge in [0, 0.05) is 5.39 Å². The van der Waals surface area contributed by atoms with Crippen LogP contribution in [0.4, 0.5) is 4.39 Å². The number of hydrogen-bond acceptors (Lipinski definition) is 3. The molecular weight excluding hydrogens is 279 g/mol. The van der Waals surface area contributed by atoms with Gasteiger partial charge >= 0.3 is 0 Å². The van der Waals surface area contributed by atoms with Gasteiger partial charge in [-0.2, -0.15) is 0 Å². The van der Waals surface area contributed by atoms with Crippen molar-refractivity contribution in [3.63, 3.8) is 0 Å². The van der Waals surface area contributed by atoms with Crippen molar-refractivity contribution in [1.29, 1.82) is 0 Å². The molecule has 0 radical (unpaired) electrons. The average Bonchev–Trinajstić information content (AvgIpc) is 2.75. The second kappa shape index (κ2) is 4.88. The number of hydrogen-bond donors (Lipinski definition) is 0. The van der Waals surface area contributed by atoms with Gasteiger partial charge in [0.2, 0.25) is 0 Å². The number of benzene rings is 1. The van der Waals surface area contributed by atoms with E-state index < -0.39 is 15.7 Å². The molecular formula is C15H17FO3S. The standard InChI is InChI=1S/C15H17FO3S/c1-10-15(13-9-11(16)7-8-14(13)19-10)20(17,18)12-5-3-2-4-6-12/h7-9,12H,2-6H2,1H3. The third kappa shape index (κ3) is 2.14. The maximum Gasteiger partial charge on any atom is 0.185 e. The van der Waals surface area contributed by atoms with Gasteiger partial charge in [-0.1, -0.05) is 19.3 Å². The first kappa shape index (κ1) is 13.6. The summed E-state index contributed by atoms with van der Waals surface area (Å²) >= 11 is 0. The van der Waals surface area contributed by atoms with Crippen LogP contribution in [0.25, 0.3) is 11.0 Å². The van der Waals surface area contributed by atoms with Crippen LogP contribution in [0, 0.1) is 12.7 Å². The molecule has 1 aromatic carbocycles. The molecule has 1 saturated carbocycles. The van der Waals surface area contributed by atoms with Crippen LogP contribution in [0.1, 0.15) is 37.9 Å². The highest BCUT2D eigenvalue weighted by Gasteiger charge is 2.33. The second-order valence-electron chi connectivity index (χ2n) is 5.43. The van der Waals surface area contributed by atoms with Gasteiger partial charge in [-0.15, -0.1) is 0 Å². The predicted octanol–water partition coefficient (Wildman–Crippen LogP) is 3.99. The number of halogens is 1. The number of sulfone groups is 1. The normalized spacial score (nSPS) is 17.7. The molecule has 3 nitrogen and oxygen atoms in total. The first-order valence-electron chi connectivity index (χ1n) is 6.92. The zero-order valence-electron chi connectivity index (χ0n) is 11.4. The largest absolute Gasteiger partial charge is 0.460 e. The Balaban J connectivity index is 2.17. The molecule has 0 N–H and O–H groups in total. The summed E-state index contributed by atoms with van der Waals surface area (Å²) in [6.45, 7) is 1.63. The molecule has 108 valence electrons. The van der Waals surface area contributed by atoms with Gasteiger partial charge in [0.1, 0.15) is 22.1 Å². The monoisotopic (exact) mass is 296 g/mol. The molecule has 1 fully saturated rings. The molecule has 2 aromatic rings. The number of furan rings is 1. The van der Waals surface area contributed by atoms with E-state index >= 15 is 0 Å². The zero-order valence-corrected chi connectivity index (χ0v) is 12.2. The molecule has 5 heteroatoms. The molecule has 0 bridgehead atoms. The average molecular weight is 296 g/mol. The summed E-state index contributed by atoms with van der Waals surface area (Å²) in [5.74, 6) is -0.0884. The summed E-state index contributed by atoms with van der Waals surface area (Å²) in [4.78, 5) is 0.180. The highest BCUT2D eigenvalue weighted by molar-refractivity contribution is 7.92.